The quantitative estimate of drug-likeness (QED) is 0.802. The molecule has 0 aliphatic heterocycles. The summed E-state index contributed by atoms with van der Waals surface area (Å²) in [5.41, 5.74) is 0.951. The number of nitrogens with one attached hydrogen (secondary N) is 1. The molecule has 2 aromatic rings. The second-order valence-electron chi connectivity index (χ2n) is 3.70. The minimum atomic E-state index is 0.676. The molecule has 0 fully saturated rings. The van der Waals surface area contributed by atoms with Gasteiger partial charge in [0, 0.05) is 22.0 Å². The first-order valence-corrected chi connectivity index (χ1v) is 7.80. The van der Waals surface area contributed by atoms with Crippen molar-refractivity contribution in [2.45, 2.75) is 6.54 Å². The zero-order valence-corrected chi connectivity index (χ0v) is 14.0. The van der Waals surface area contributed by atoms with Gasteiger partial charge in [0.25, 0.3) is 0 Å². The number of hydrogen-bond acceptors (Lipinski definition) is 4. The number of nitriles is 1. The Morgan fingerprint density at radius 3 is 2.74 bits per heavy atom. The number of ether oxygens (including phenoxy) is 1. The Morgan fingerprint density at radius 1 is 1.32 bits per heavy atom. The summed E-state index contributed by atoms with van der Waals surface area (Å²) in [6.45, 7) is 0.676. The van der Waals surface area contributed by atoms with Crippen LogP contribution in [-0.2, 0) is 6.54 Å². The van der Waals surface area contributed by atoms with E-state index in [0.717, 1.165) is 30.1 Å². The fraction of sp³-hybridized carbons (Fsp3) is 0.154. The number of halogens is 2. The summed E-state index contributed by atoms with van der Waals surface area (Å²) in [6.07, 6.45) is 0. The number of hydrogen-bond donors (Lipinski definition) is 1. The number of thiophene rings is 1. The molecule has 0 aliphatic carbocycles. The highest BCUT2D eigenvalue weighted by Crippen LogP contribution is 2.34. The van der Waals surface area contributed by atoms with E-state index in [4.69, 9.17) is 10.00 Å². The Labute approximate surface area is 132 Å². The minimum Gasteiger partial charge on any atom is -0.495 e. The van der Waals surface area contributed by atoms with Crippen LogP contribution in [-0.4, -0.2) is 7.11 Å². The largest absolute Gasteiger partial charge is 0.495 e. The normalized spacial score (nSPS) is 10.0. The number of rotatable bonds is 4. The van der Waals surface area contributed by atoms with E-state index in [0.29, 0.717) is 6.54 Å². The van der Waals surface area contributed by atoms with Crippen molar-refractivity contribution in [2.24, 2.45) is 0 Å². The molecule has 0 atom stereocenters. The maximum Gasteiger partial charge on any atom is 0.135 e. The van der Waals surface area contributed by atoms with Gasteiger partial charge in [-0.3, -0.25) is 0 Å². The van der Waals surface area contributed by atoms with E-state index in [1.54, 1.807) is 7.11 Å². The van der Waals surface area contributed by atoms with Crippen LogP contribution in [0.5, 0.6) is 5.75 Å². The molecule has 6 heteroatoms. The van der Waals surface area contributed by atoms with E-state index in [1.807, 2.05) is 24.3 Å². The van der Waals surface area contributed by atoms with Gasteiger partial charge in [0.15, 0.2) is 0 Å². The second-order valence-corrected chi connectivity index (χ2v) is 6.57. The van der Waals surface area contributed by atoms with Crippen LogP contribution in [0.2, 0.25) is 0 Å². The SMILES string of the molecule is COc1cc(NCc2ccc(C#N)s2)c(Br)cc1Br. The molecule has 1 aromatic heterocycles. The highest BCUT2D eigenvalue weighted by molar-refractivity contribution is 9.11. The third kappa shape index (κ3) is 3.50. The zero-order chi connectivity index (χ0) is 13.8. The van der Waals surface area contributed by atoms with Gasteiger partial charge in [0.2, 0.25) is 0 Å². The molecule has 3 nitrogen and oxygen atoms in total. The van der Waals surface area contributed by atoms with Crippen molar-refractivity contribution in [1.29, 1.82) is 5.26 Å². The Bertz CT molecular complexity index is 634. The molecule has 0 amide bonds. The van der Waals surface area contributed by atoms with Gasteiger partial charge in [-0.2, -0.15) is 5.26 Å². The third-order valence-electron chi connectivity index (χ3n) is 2.47. The molecule has 0 saturated carbocycles. The molecule has 0 unspecified atom stereocenters. The van der Waals surface area contributed by atoms with Gasteiger partial charge >= 0.3 is 0 Å². The van der Waals surface area contributed by atoms with Crippen LogP contribution in [0, 0.1) is 11.3 Å². The summed E-state index contributed by atoms with van der Waals surface area (Å²) < 4.78 is 7.12. The first kappa shape index (κ1) is 14.4. The van der Waals surface area contributed by atoms with E-state index in [2.05, 4.69) is 43.2 Å². The maximum atomic E-state index is 8.79. The van der Waals surface area contributed by atoms with Gasteiger partial charge in [0.1, 0.15) is 16.7 Å². The van der Waals surface area contributed by atoms with E-state index >= 15 is 0 Å². The van der Waals surface area contributed by atoms with Gasteiger partial charge in [-0.15, -0.1) is 11.3 Å². The molecule has 1 N–H and O–H groups in total. The molecule has 19 heavy (non-hydrogen) atoms. The van der Waals surface area contributed by atoms with E-state index in [9.17, 15) is 0 Å². The van der Waals surface area contributed by atoms with Crippen LogP contribution in [0.3, 0.4) is 0 Å². The van der Waals surface area contributed by atoms with Crippen molar-refractivity contribution in [3.8, 4) is 11.8 Å². The third-order valence-corrected chi connectivity index (χ3v) is 4.73. The molecular weight excluding hydrogens is 392 g/mol. The van der Waals surface area contributed by atoms with Crippen molar-refractivity contribution >= 4 is 48.9 Å². The van der Waals surface area contributed by atoms with Crippen molar-refractivity contribution in [2.75, 3.05) is 12.4 Å². The fourth-order valence-electron chi connectivity index (χ4n) is 1.54. The highest BCUT2D eigenvalue weighted by Gasteiger charge is 2.07. The Morgan fingerprint density at radius 2 is 2.11 bits per heavy atom. The van der Waals surface area contributed by atoms with Gasteiger partial charge < -0.3 is 10.1 Å². The fourth-order valence-corrected chi connectivity index (χ4v) is 3.58. The van der Waals surface area contributed by atoms with E-state index in [1.165, 1.54) is 11.3 Å². The molecule has 0 radical (unpaired) electrons. The summed E-state index contributed by atoms with van der Waals surface area (Å²) in [7, 11) is 1.64. The number of anilines is 1. The topological polar surface area (TPSA) is 45.0 Å². The Balaban J connectivity index is 2.13. The first-order valence-electron chi connectivity index (χ1n) is 5.39. The zero-order valence-electron chi connectivity index (χ0n) is 10.0. The standard InChI is InChI=1S/C13H10Br2N2OS/c1-18-13-5-12(10(14)4-11(13)15)17-7-9-3-2-8(6-16)19-9/h2-5,17H,7H2,1H3. The maximum absolute atomic E-state index is 8.79. The van der Waals surface area contributed by atoms with Gasteiger partial charge in [-0.05, 0) is 50.1 Å². The molecule has 0 saturated heterocycles. The first-order chi connectivity index (χ1) is 9.13. The molecule has 0 bridgehead atoms. The van der Waals surface area contributed by atoms with Crippen LogP contribution in [0.25, 0.3) is 0 Å². The average Bonchev–Trinajstić information content (AvgIpc) is 2.86. The second kappa shape index (κ2) is 6.42. The van der Waals surface area contributed by atoms with Crippen LogP contribution in [0.15, 0.2) is 33.2 Å². The van der Waals surface area contributed by atoms with Crippen molar-refractivity contribution in [1.82, 2.24) is 0 Å². The van der Waals surface area contributed by atoms with Crippen molar-refractivity contribution < 1.29 is 4.74 Å². The molecule has 0 spiro atoms. The predicted molar refractivity (Wildman–Crippen MR) is 84.8 cm³/mol. The molecular formula is C13H10Br2N2OS. The molecule has 1 aromatic carbocycles. The summed E-state index contributed by atoms with van der Waals surface area (Å²) in [6, 6.07) is 9.79. The molecule has 0 aliphatic rings. The van der Waals surface area contributed by atoms with Crippen molar-refractivity contribution in [3.63, 3.8) is 0 Å². The van der Waals surface area contributed by atoms with Gasteiger partial charge in [0.05, 0.1) is 17.3 Å². The number of methoxy groups -OCH3 is 1. The lowest BCUT2D eigenvalue weighted by Crippen LogP contribution is -1.99. The monoisotopic (exact) mass is 400 g/mol. The van der Waals surface area contributed by atoms with Gasteiger partial charge in [-0.25, -0.2) is 0 Å². The Kier molecular flexibility index (Phi) is 4.86. The van der Waals surface area contributed by atoms with E-state index in [-0.39, 0.29) is 0 Å². The van der Waals surface area contributed by atoms with E-state index < -0.39 is 0 Å². The summed E-state index contributed by atoms with van der Waals surface area (Å²) in [5, 5.41) is 12.1. The lowest BCUT2D eigenvalue weighted by Gasteiger charge is -2.11. The molecule has 2 rings (SSSR count). The van der Waals surface area contributed by atoms with Crippen LogP contribution < -0.4 is 10.1 Å². The summed E-state index contributed by atoms with van der Waals surface area (Å²) >= 11 is 8.43. The van der Waals surface area contributed by atoms with Gasteiger partial charge in [-0.1, -0.05) is 0 Å². The summed E-state index contributed by atoms with van der Waals surface area (Å²) in [4.78, 5) is 1.84. The molecule has 1 heterocycles. The average molecular weight is 402 g/mol. The number of benzene rings is 1. The van der Waals surface area contributed by atoms with Crippen LogP contribution >= 0.6 is 43.2 Å². The summed E-state index contributed by atoms with van der Waals surface area (Å²) in [5.74, 6) is 0.773. The van der Waals surface area contributed by atoms with Crippen LogP contribution in [0.1, 0.15) is 9.75 Å². The lowest BCUT2D eigenvalue weighted by atomic mass is 10.3. The van der Waals surface area contributed by atoms with Crippen LogP contribution in [0.4, 0.5) is 5.69 Å². The highest BCUT2D eigenvalue weighted by atomic mass is 79.9. The van der Waals surface area contributed by atoms with Crippen molar-refractivity contribution in [3.05, 3.63) is 43.0 Å². The Hall–Kier alpha value is -1.03. The molecule has 98 valence electrons. The minimum absolute atomic E-state index is 0.676. The number of nitrogens with zero attached hydrogens (tertiary/aromatic N) is 1. The lowest BCUT2D eigenvalue weighted by molar-refractivity contribution is 0.412. The predicted octanol–water partition coefficient (Wildman–Crippen LogP) is 4.77. The smallest absolute Gasteiger partial charge is 0.135 e.